The normalized spacial score (nSPS) is 32.9. The number of rotatable bonds is 2. The Labute approximate surface area is 95.3 Å². The molecular weight excluding hydrogens is 232 g/mol. The maximum atomic E-state index is 11.5. The van der Waals surface area contributed by atoms with Crippen LogP contribution in [0.25, 0.3) is 0 Å². The van der Waals surface area contributed by atoms with Crippen LogP contribution < -0.4 is 5.56 Å². The first-order chi connectivity index (χ1) is 8.04. The average Bonchev–Trinajstić information content (AvgIpc) is 2.57. The number of nitrogens with zero attached hydrogens (tertiary/aromatic N) is 2. The molecule has 0 radical (unpaired) electrons. The fourth-order valence-corrected chi connectivity index (χ4v) is 1.68. The van der Waals surface area contributed by atoms with Crippen LogP contribution in [0.3, 0.4) is 0 Å². The fourth-order valence-electron chi connectivity index (χ4n) is 1.68. The summed E-state index contributed by atoms with van der Waals surface area (Å²) in [7, 11) is 0. The van der Waals surface area contributed by atoms with Crippen LogP contribution in [-0.2, 0) is 4.74 Å². The molecule has 8 heteroatoms. The maximum absolute atomic E-state index is 11.5. The van der Waals surface area contributed by atoms with Gasteiger partial charge in [-0.15, -0.1) is 0 Å². The molecule has 0 amide bonds. The van der Waals surface area contributed by atoms with Crippen LogP contribution in [0.5, 0.6) is 5.75 Å². The van der Waals surface area contributed by atoms with Gasteiger partial charge in [0.2, 0.25) is 0 Å². The smallest absolute Gasteiger partial charge is 0.272 e. The van der Waals surface area contributed by atoms with Crippen molar-refractivity contribution in [3.63, 3.8) is 0 Å². The molecule has 2 heterocycles. The first-order valence-corrected chi connectivity index (χ1v) is 4.95. The van der Waals surface area contributed by atoms with Crippen molar-refractivity contribution in [1.29, 1.82) is 0 Å². The lowest BCUT2D eigenvalue weighted by Crippen LogP contribution is -2.36. The summed E-state index contributed by atoms with van der Waals surface area (Å²) < 4.78 is 5.91. The molecule has 2 rings (SSSR count). The SMILES string of the molecule is O=c1cc(O)cnn1[C@H]1O[C@@H](CO)[C@@H](O)[C@@H]1O. The molecule has 94 valence electrons. The van der Waals surface area contributed by atoms with Crippen molar-refractivity contribution in [2.75, 3.05) is 6.61 Å². The molecule has 0 bridgehead atoms. The van der Waals surface area contributed by atoms with Gasteiger partial charge in [0, 0.05) is 6.07 Å². The molecule has 1 aromatic rings. The van der Waals surface area contributed by atoms with Gasteiger partial charge in [-0.3, -0.25) is 4.79 Å². The molecule has 1 saturated heterocycles. The lowest BCUT2D eigenvalue weighted by Gasteiger charge is -2.15. The lowest BCUT2D eigenvalue weighted by atomic mass is 10.1. The summed E-state index contributed by atoms with van der Waals surface area (Å²) in [5.74, 6) is -0.307. The Morgan fingerprint density at radius 2 is 2.12 bits per heavy atom. The van der Waals surface area contributed by atoms with E-state index in [0.29, 0.717) is 0 Å². The highest BCUT2D eigenvalue weighted by Crippen LogP contribution is 2.27. The highest BCUT2D eigenvalue weighted by atomic mass is 16.6. The molecule has 1 aromatic heterocycles. The van der Waals surface area contributed by atoms with Crippen molar-refractivity contribution < 1.29 is 25.2 Å². The van der Waals surface area contributed by atoms with E-state index in [0.717, 1.165) is 16.9 Å². The quantitative estimate of drug-likeness (QED) is 0.455. The Hall–Kier alpha value is -1.48. The molecule has 0 aliphatic carbocycles. The van der Waals surface area contributed by atoms with Gasteiger partial charge in [-0.2, -0.15) is 9.78 Å². The Morgan fingerprint density at radius 1 is 1.41 bits per heavy atom. The van der Waals surface area contributed by atoms with Crippen LogP contribution in [-0.4, -0.2) is 55.1 Å². The van der Waals surface area contributed by atoms with Gasteiger partial charge in [0.1, 0.15) is 24.1 Å². The summed E-state index contributed by atoms with van der Waals surface area (Å²) in [6.45, 7) is -0.485. The fraction of sp³-hybridized carbons (Fsp3) is 0.556. The van der Waals surface area contributed by atoms with Crippen LogP contribution in [0.1, 0.15) is 6.23 Å². The van der Waals surface area contributed by atoms with E-state index in [2.05, 4.69) is 5.10 Å². The van der Waals surface area contributed by atoms with Crippen molar-refractivity contribution in [3.8, 4) is 5.75 Å². The Morgan fingerprint density at radius 3 is 2.65 bits per heavy atom. The topological polar surface area (TPSA) is 125 Å². The van der Waals surface area contributed by atoms with Gasteiger partial charge in [0.05, 0.1) is 12.8 Å². The van der Waals surface area contributed by atoms with Crippen molar-refractivity contribution in [3.05, 3.63) is 22.6 Å². The summed E-state index contributed by atoms with van der Waals surface area (Å²) in [6.07, 6.45) is -3.82. The van der Waals surface area contributed by atoms with E-state index in [4.69, 9.17) is 14.9 Å². The predicted molar refractivity (Wildman–Crippen MR) is 53.2 cm³/mol. The molecule has 4 atom stereocenters. The van der Waals surface area contributed by atoms with E-state index >= 15 is 0 Å². The van der Waals surface area contributed by atoms with Gasteiger partial charge < -0.3 is 25.2 Å². The summed E-state index contributed by atoms with van der Waals surface area (Å²) in [4.78, 5) is 11.5. The molecule has 1 fully saturated rings. The molecule has 4 N–H and O–H groups in total. The van der Waals surface area contributed by atoms with Crippen molar-refractivity contribution >= 4 is 0 Å². The molecule has 0 unspecified atom stereocenters. The van der Waals surface area contributed by atoms with Crippen molar-refractivity contribution in [1.82, 2.24) is 9.78 Å². The van der Waals surface area contributed by atoms with Crippen LogP contribution >= 0.6 is 0 Å². The summed E-state index contributed by atoms with van der Waals surface area (Å²) in [6, 6.07) is 0.904. The molecule has 0 aromatic carbocycles. The van der Waals surface area contributed by atoms with E-state index < -0.39 is 36.7 Å². The van der Waals surface area contributed by atoms with E-state index in [9.17, 15) is 15.0 Å². The van der Waals surface area contributed by atoms with E-state index in [1.54, 1.807) is 0 Å². The monoisotopic (exact) mass is 244 g/mol. The van der Waals surface area contributed by atoms with Crippen LogP contribution in [0, 0.1) is 0 Å². The zero-order valence-electron chi connectivity index (χ0n) is 8.67. The number of aliphatic hydroxyl groups is 3. The van der Waals surface area contributed by atoms with Crippen molar-refractivity contribution in [2.24, 2.45) is 0 Å². The van der Waals surface area contributed by atoms with E-state index in [-0.39, 0.29) is 5.75 Å². The van der Waals surface area contributed by atoms with Crippen LogP contribution in [0.15, 0.2) is 17.1 Å². The predicted octanol–water partition coefficient (Wildman–Crippen LogP) is -2.44. The Bertz CT molecular complexity index is 461. The van der Waals surface area contributed by atoms with Crippen LogP contribution in [0.2, 0.25) is 0 Å². The minimum absolute atomic E-state index is 0.307. The third-order valence-corrected chi connectivity index (χ3v) is 2.57. The number of hydrogen-bond acceptors (Lipinski definition) is 7. The first kappa shape index (κ1) is 12.0. The highest BCUT2D eigenvalue weighted by molar-refractivity contribution is 5.11. The van der Waals surface area contributed by atoms with Gasteiger partial charge in [-0.1, -0.05) is 0 Å². The molecule has 17 heavy (non-hydrogen) atoms. The number of aromatic nitrogens is 2. The summed E-state index contributed by atoms with van der Waals surface area (Å²) in [5, 5.41) is 40.7. The minimum atomic E-state index is -1.37. The zero-order chi connectivity index (χ0) is 12.6. The third-order valence-electron chi connectivity index (χ3n) is 2.57. The Balaban J connectivity index is 2.32. The van der Waals surface area contributed by atoms with Gasteiger partial charge >= 0.3 is 0 Å². The summed E-state index contributed by atoms with van der Waals surface area (Å²) in [5.41, 5.74) is -0.681. The van der Waals surface area contributed by atoms with Gasteiger partial charge in [-0.25, -0.2) is 0 Å². The largest absolute Gasteiger partial charge is 0.506 e. The number of aromatic hydroxyl groups is 1. The minimum Gasteiger partial charge on any atom is -0.506 e. The Kier molecular flexibility index (Phi) is 3.11. The number of hydrogen-bond donors (Lipinski definition) is 4. The standard InChI is InChI=1S/C9H12N2O6/c12-3-5-7(15)8(16)9(17-5)11-6(14)1-4(13)2-10-11/h1-2,5,7-9,12-13,15-16H,3H2/t5-,7+,8-,9-/m0/s1. The average molecular weight is 244 g/mol. The summed E-state index contributed by atoms with van der Waals surface area (Å²) >= 11 is 0. The van der Waals surface area contributed by atoms with Gasteiger partial charge in [-0.05, 0) is 0 Å². The van der Waals surface area contributed by atoms with E-state index in [1.807, 2.05) is 0 Å². The number of aliphatic hydroxyl groups excluding tert-OH is 3. The van der Waals surface area contributed by atoms with E-state index in [1.165, 1.54) is 0 Å². The number of ether oxygens (including phenoxy) is 1. The molecule has 1 aliphatic rings. The second-order valence-electron chi connectivity index (χ2n) is 3.73. The maximum Gasteiger partial charge on any atom is 0.272 e. The lowest BCUT2D eigenvalue weighted by molar-refractivity contribution is -0.0611. The molecule has 0 saturated carbocycles. The van der Waals surface area contributed by atoms with Gasteiger partial charge in [0.25, 0.3) is 5.56 Å². The molecule has 0 spiro atoms. The van der Waals surface area contributed by atoms with Crippen LogP contribution in [0.4, 0.5) is 0 Å². The second-order valence-corrected chi connectivity index (χ2v) is 3.73. The second kappa shape index (κ2) is 4.41. The molecular formula is C9H12N2O6. The zero-order valence-corrected chi connectivity index (χ0v) is 8.67. The first-order valence-electron chi connectivity index (χ1n) is 4.95. The third kappa shape index (κ3) is 2.03. The van der Waals surface area contributed by atoms with Crippen molar-refractivity contribution in [2.45, 2.75) is 24.5 Å². The highest BCUT2D eigenvalue weighted by Gasteiger charge is 2.44. The molecule has 1 aliphatic heterocycles. The molecule has 8 nitrogen and oxygen atoms in total. The van der Waals surface area contributed by atoms with Gasteiger partial charge in [0.15, 0.2) is 6.23 Å².